The van der Waals surface area contributed by atoms with Crippen molar-refractivity contribution in [2.75, 3.05) is 20.2 Å². The Morgan fingerprint density at radius 2 is 2.20 bits per heavy atom. The van der Waals surface area contributed by atoms with Crippen molar-refractivity contribution in [2.24, 2.45) is 0 Å². The molecular formula is C18H17N3O3S. The van der Waals surface area contributed by atoms with Gasteiger partial charge in [0.05, 0.1) is 18.6 Å². The average molecular weight is 355 g/mol. The van der Waals surface area contributed by atoms with E-state index in [4.69, 9.17) is 9.26 Å². The van der Waals surface area contributed by atoms with Gasteiger partial charge in [-0.25, -0.2) is 0 Å². The van der Waals surface area contributed by atoms with E-state index in [9.17, 15) is 4.79 Å². The standard InChI is InChI=1S/C18H17N3O3S/c1-23-15-5-3-2-4-12(15)8-16-19-17(24-20-16)14-9-21(10-14)18(22)13-6-7-25-11-13/h2-7,11,14H,8-10H2,1H3. The third-order valence-electron chi connectivity index (χ3n) is 4.31. The number of ether oxygens (including phenoxy) is 1. The summed E-state index contributed by atoms with van der Waals surface area (Å²) in [5, 5.41) is 7.84. The van der Waals surface area contributed by atoms with Crippen LogP contribution in [0.15, 0.2) is 45.6 Å². The highest BCUT2D eigenvalue weighted by molar-refractivity contribution is 7.08. The predicted molar refractivity (Wildman–Crippen MR) is 93.1 cm³/mol. The molecule has 0 atom stereocenters. The largest absolute Gasteiger partial charge is 0.496 e. The lowest BCUT2D eigenvalue weighted by molar-refractivity contribution is 0.0570. The fourth-order valence-corrected chi connectivity index (χ4v) is 3.52. The van der Waals surface area contributed by atoms with Gasteiger partial charge in [-0.2, -0.15) is 16.3 Å². The average Bonchev–Trinajstić information content (AvgIpc) is 3.26. The molecule has 2 aromatic heterocycles. The lowest BCUT2D eigenvalue weighted by atomic mass is 9.99. The van der Waals surface area contributed by atoms with E-state index in [1.165, 1.54) is 11.3 Å². The number of aromatic nitrogens is 2. The Labute approximate surface area is 149 Å². The molecule has 0 unspecified atom stereocenters. The van der Waals surface area contributed by atoms with Gasteiger partial charge in [-0.3, -0.25) is 4.79 Å². The molecule has 6 nitrogen and oxygen atoms in total. The first-order valence-corrected chi connectivity index (χ1v) is 8.94. The van der Waals surface area contributed by atoms with Crippen LogP contribution in [0.2, 0.25) is 0 Å². The van der Waals surface area contributed by atoms with Crippen LogP contribution in [0.25, 0.3) is 0 Å². The predicted octanol–water partition coefficient (Wildman–Crippen LogP) is 2.97. The van der Waals surface area contributed by atoms with Crippen molar-refractivity contribution in [3.8, 4) is 5.75 Å². The van der Waals surface area contributed by atoms with Crippen LogP contribution in [0.1, 0.15) is 33.6 Å². The van der Waals surface area contributed by atoms with Gasteiger partial charge in [0.25, 0.3) is 5.91 Å². The molecule has 0 aliphatic carbocycles. The molecule has 3 aromatic rings. The van der Waals surface area contributed by atoms with Crippen LogP contribution in [-0.2, 0) is 6.42 Å². The Balaban J connectivity index is 1.39. The zero-order valence-electron chi connectivity index (χ0n) is 13.7. The van der Waals surface area contributed by atoms with E-state index in [0.29, 0.717) is 31.2 Å². The van der Waals surface area contributed by atoms with E-state index in [0.717, 1.165) is 16.9 Å². The van der Waals surface area contributed by atoms with Crippen molar-refractivity contribution in [3.05, 3.63) is 63.9 Å². The zero-order valence-corrected chi connectivity index (χ0v) is 14.5. The van der Waals surface area contributed by atoms with Crippen molar-refractivity contribution >= 4 is 17.2 Å². The fourth-order valence-electron chi connectivity index (χ4n) is 2.89. The third-order valence-corrected chi connectivity index (χ3v) is 4.99. The van der Waals surface area contributed by atoms with E-state index < -0.39 is 0 Å². The first-order chi connectivity index (χ1) is 12.2. The second kappa shape index (κ2) is 6.68. The quantitative estimate of drug-likeness (QED) is 0.704. The van der Waals surface area contributed by atoms with Gasteiger partial charge in [0, 0.05) is 30.5 Å². The van der Waals surface area contributed by atoms with Crippen LogP contribution in [-0.4, -0.2) is 41.1 Å². The van der Waals surface area contributed by atoms with Crippen LogP contribution in [0, 0.1) is 0 Å². The van der Waals surface area contributed by atoms with Crippen LogP contribution >= 0.6 is 11.3 Å². The van der Waals surface area contributed by atoms with E-state index in [1.54, 1.807) is 12.0 Å². The number of methoxy groups -OCH3 is 1. The summed E-state index contributed by atoms with van der Waals surface area (Å²) in [6.07, 6.45) is 0.553. The Bertz CT molecular complexity index is 869. The number of hydrogen-bond acceptors (Lipinski definition) is 6. The summed E-state index contributed by atoms with van der Waals surface area (Å²) < 4.78 is 10.7. The van der Waals surface area contributed by atoms with E-state index in [-0.39, 0.29) is 11.8 Å². The number of carbonyl (C=O) groups is 1. The minimum atomic E-state index is 0.0614. The summed E-state index contributed by atoms with van der Waals surface area (Å²) in [5.41, 5.74) is 1.76. The van der Waals surface area contributed by atoms with Gasteiger partial charge in [0.1, 0.15) is 5.75 Å². The Hall–Kier alpha value is -2.67. The molecule has 1 fully saturated rings. The number of nitrogens with zero attached hydrogens (tertiary/aromatic N) is 3. The van der Waals surface area contributed by atoms with E-state index in [1.807, 2.05) is 41.1 Å². The van der Waals surface area contributed by atoms with Gasteiger partial charge in [-0.05, 0) is 17.5 Å². The van der Waals surface area contributed by atoms with Crippen LogP contribution in [0.4, 0.5) is 0 Å². The van der Waals surface area contributed by atoms with E-state index in [2.05, 4.69) is 10.1 Å². The topological polar surface area (TPSA) is 68.5 Å². The van der Waals surface area contributed by atoms with Gasteiger partial charge >= 0.3 is 0 Å². The normalized spacial score (nSPS) is 14.4. The SMILES string of the molecule is COc1ccccc1Cc1noc(C2CN(C(=O)c3ccsc3)C2)n1. The summed E-state index contributed by atoms with van der Waals surface area (Å²) in [5.74, 6) is 2.21. The molecule has 0 N–H and O–H groups in total. The lowest BCUT2D eigenvalue weighted by Crippen LogP contribution is -2.48. The van der Waals surface area contributed by atoms with Crippen LogP contribution in [0.5, 0.6) is 5.75 Å². The number of para-hydroxylation sites is 1. The molecule has 0 bridgehead atoms. The lowest BCUT2D eigenvalue weighted by Gasteiger charge is -2.36. The van der Waals surface area contributed by atoms with Crippen LogP contribution in [0.3, 0.4) is 0 Å². The van der Waals surface area contributed by atoms with Gasteiger partial charge < -0.3 is 14.2 Å². The minimum absolute atomic E-state index is 0.0614. The Morgan fingerprint density at radius 1 is 1.36 bits per heavy atom. The first-order valence-electron chi connectivity index (χ1n) is 8.00. The molecular weight excluding hydrogens is 338 g/mol. The molecule has 4 rings (SSSR count). The Kier molecular flexibility index (Phi) is 4.23. The Morgan fingerprint density at radius 3 is 2.96 bits per heavy atom. The van der Waals surface area contributed by atoms with Gasteiger partial charge in [-0.15, -0.1) is 0 Å². The third kappa shape index (κ3) is 3.15. The van der Waals surface area contributed by atoms with Crippen molar-refractivity contribution < 1.29 is 14.1 Å². The smallest absolute Gasteiger partial charge is 0.254 e. The van der Waals surface area contributed by atoms with Gasteiger partial charge in [0.2, 0.25) is 5.89 Å². The molecule has 25 heavy (non-hydrogen) atoms. The molecule has 7 heteroatoms. The summed E-state index contributed by atoms with van der Waals surface area (Å²) in [6, 6.07) is 9.63. The molecule has 3 heterocycles. The summed E-state index contributed by atoms with van der Waals surface area (Å²) >= 11 is 1.53. The molecule has 1 aromatic carbocycles. The van der Waals surface area contributed by atoms with Crippen LogP contribution < -0.4 is 4.74 Å². The minimum Gasteiger partial charge on any atom is -0.496 e. The molecule has 0 radical (unpaired) electrons. The zero-order chi connectivity index (χ0) is 17.2. The van der Waals surface area contributed by atoms with Crippen molar-refractivity contribution in [2.45, 2.75) is 12.3 Å². The molecule has 1 aliphatic heterocycles. The molecule has 1 saturated heterocycles. The number of likely N-dealkylation sites (tertiary alicyclic amines) is 1. The molecule has 128 valence electrons. The van der Waals surface area contributed by atoms with E-state index >= 15 is 0 Å². The highest BCUT2D eigenvalue weighted by Crippen LogP contribution is 2.28. The maximum absolute atomic E-state index is 12.2. The fraction of sp³-hybridized carbons (Fsp3) is 0.278. The number of rotatable bonds is 5. The molecule has 0 saturated carbocycles. The monoisotopic (exact) mass is 355 g/mol. The second-order valence-corrected chi connectivity index (χ2v) is 6.74. The van der Waals surface area contributed by atoms with Crippen molar-refractivity contribution in [1.29, 1.82) is 0 Å². The summed E-state index contributed by atoms with van der Waals surface area (Å²) in [6.45, 7) is 1.23. The highest BCUT2D eigenvalue weighted by atomic mass is 32.1. The molecule has 1 aliphatic rings. The summed E-state index contributed by atoms with van der Waals surface area (Å²) in [4.78, 5) is 18.5. The molecule has 1 amide bonds. The van der Waals surface area contributed by atoms with Gasteiger partial charge in [0.15, 0.2) is 5.82 Å². The van der Waals surface area contributed by atoms with Gasteiger partial charge in [-0.1, -0.05) is 23.4 Å². The highest BCUT2D eigenvalue weighted by Gasteiger charge is 2.36. The number of benzene rings is 1. The first kappa shape index (κ1) is 15.8. The maximum atomic E-state index is 12.2. The number of carbonyl (C=O) groups excluding carboxylic acids is 1. The number of thiophene rings is 1. The molecule has 0 spiro atoms. The maximum Gasteiger partial charge on any atom is 0.254 e. The summed E-state index contributed by atoms with van der Waals surface area (Å²) in [7, 11) is 1.65. The second-order valence-electron chi connectivity index (χ2n) is 5.96. The number of amides is 1. The van der Waals surface area contributed by atoms with Crippen molar-refractivity contribution in [3.63, 3.8) is 0 Å². The number of hydrogen-bond donors (Lipinski definition) is 0. The van der Waals surface area contributed by atoms with Crippen molar-refractivity contribution in [1.82, 2.24) is 15.0 Å².